The van der Waals surface area contributed by atoms with E-state index in [1.807, 2.05) is 24.1 Å². The molecule has 0 atom stereocenters. The summed E-state index contributed by atoms with van der Waals surface area (Å²) in [4.78, 5) is 16.2. The second-order valence-corrected chi connectivity index (χ2v) is 7.62. The third-order valence-electron chi connectivity index (χ3n) is 5.81. The molecule has 0 radical (unpaired) electrons. The van der Waals surface area contributed by atoms with Gasteiger partial charge in [0.2, 0.25) is 0 Å². The van der Waals surface area contributed by atoms with E-state index < -0.39 is 0 Å². The Morgan fingerprint density at radius 2 is 1.93 bits per heavy atom. The van der Waals surface area contributed by atoms with Crippen LogP contribution in [0.5, 0.6) is 0 Å². The van der Waals surface area contributed by atoms with Gasteiger partial charge in [0.1, 0.15) is 12.1 Å². The summed E-state index contributed by atoms with van der Waals surface area (Å²) in [7, 11) is 3.72. The number of ether oxygens (including phenoxy) is 1. The van der Waals surface area contributed by atoms with Crippen molar-refractivity contribution in [2.24, 2.45) is 12.0 Å². The van der Waals surface area contributed by atoms with Gasteiger partial charge in [-0.15, -0.1) is 0 Å². The molecule has 29 heavy (non-hydrogen) atoms. The maximum atomic E-state index is 5.48. The number of aryl methyl sites for hydroxylation is 1. The van der Waals surface area contributed by atoms with Crippen molar-refractivity contribution in [2.45, 2.75) is 25.5 Å². The highest BCUT2D eigenvalue weighted by atomic mass is 16.5. The number of nitrogens with zero attached hydrogens (tertiary/aromatic N) is 6. The van der Waals surface area contributed by atoms with Gasteiger partial charge >= 0.3 is 0 Å². The van der Waals surface area contributed by atoms with E-state index in [1.165, 1.54) is 5.56 Å². The van der Waals surface area contributed by atoms with Crippen LogP contribution in [-0.4, -0.2) is 51.8 Å². The number of fused-ring (bicyclic) bond motifs is 1. The Hall–Kier alpha value is -3.06. The van der Waals surface area contributed by atoms with Gasteiger partial charge in [0.15, 0.2) is 0 Å². The van der Waals surface area contributed by atoms with Crippen LogP contribution in [0.4, 0.5) is 5.82 Å². The van der Waals surface area contributed by atoms with Gasteiger partial charge in [-0.1, -0.05) is 12.1 Å². The molecule has 0 unspecified atom stereocenters. The zero-order valence-electron chi connectivity index (χ0n) is 16.7. The first-order valence-electron chi connectivity index (χ1n) is 9.98. The summed E-state index contributed by atoms with van der Waals surface area (Å²) in [6.45, 7) is 2.59. The molecule has 0 aliphatic carbocycles. The Morgan fingerprint density at radius 1 is 1.07 bits per heavy atom. The molecule has 0 N–H and O–H groups in total. The molecule has 0 amide bonds. The van der Waals surface area contributed by atoms with Crippen molar-refractivity contribution in [1.29, 1.82) is 0 Å². The second kappa shape index (κ2) is 7.40. The summed E-state index contributed by atoms with van der Waals surface area (Å²) in [5, 5.41) is 4.29. The molecule has 1 fully saturated rings. The summed E-state index contributed by atoms with van der Waals surface area (Å²) in [5.74, 6) is 0.962. The highest BCUT2D eigenvalue weighted by molar-refractivity contribution is 6.14. The highest BCUT2D eigenvalue weighted by Crippen LogP contribution is 2.29. The molecule has 0 spiro atoms. The van der Waals surface area contributed by atoms with Gasteiger partial charge in [-0.25, -0.2) is 9.97 Å². The Kier molecular flexibility index (Phi) is 4.60. The summed E-state index contributed by atoms with van der Waals surface area (Å²) in [5.41, 5.74) is 6.45. The van der Waals surface area contributed by atoms with Crippen molar-refractivity contribution in [1.82, 2.24) is 19.7 Å². The van der Waals surface area contributed by atoms with Crippen LogP contribution in [0.1, 0.15) is 29.7 Å². The number of aliphatic imine (C=N–C) groups is 1. The lowest BCUT2D eigenvalue weighted by atomic mass is 9.98. The molecule has 2 aliphatic heterocycles. The molecule has 1 saturated heterocycles. The third kappa shape index (κ3) is 3.42. The van der Waals surface area contributed by atoms with Crippen molar-refractivity contribution >= 4 is 11.5 Å². The smallest absolute Gasteiger partial charge is 0.132 e. The molecule has 5 rings (SSSR count). The summed E-state index contributed by atoms with van der Waals surface area (Å²) in [6, 6.07) is 8.56. The monoisotopic (exact) mass is 388 g/mol. The van der Waals surface area contributed by atoms with E-state index in [9.17, 15) is 0 Å². The van der Waals surface area contributed by atoms with Crippen LogP contribution in [0.25, 0.3) is 11.1 Å². The van der Waals surface area contributed by atoms with Crippen molar-refractivity contribution < 1.29 is 4.74 Å². The lowest BCUT2D eigenvalue weighted by Gasteiger charge is -2.32. The molecule has 7 nitrogen and oxygen atoms in total. The minimum atomic E-state index is 0.351. The molecule has 0 saturated carbocycles. The lowest BCUT2D eigenvalue weighted by molar-refractivity contribution is 0.0818. The average Bonchev–Trinajstić information content (AvgIpc) is 3.39. The van der Waals surface area contributed by atoms with E-state index >= 15 is 0 Å². The molecule has 2 aliphatic rings. The van der Waals surface area contributed by atoms with Gasteiger partial charge in [-0.2, -0.15) is 5.10 Å². The number of hydrogen-bond donors (Lipinski definition) is 0. The molecular weight excluding hydrogens is 364 g/mol. The van der Waals surface area contributed by atoms with Gasteiger partial charge in [-0.3, -0.25) is 9.67 Å². The SMILES string of the molecule is COC1CCN(c2cc(C3=NCc4ccc(-c5cnn(C)c5)cc43)ncn2)CC1. The first kappa shape index (κ1) is 18.0. The van der Waals surface area contributed by atoms with Gasteiger partial charge in [-0.05, 0) is 30.0 Å². The van der Waals surface area contributed by atoms with Crippen molar-refractivity contribution in [3.63, 3.8) is 0 Å². The van der Waals surface area contributed by atoms with Crippen LogP contribution in [0, 0.1) is 0 Å². The summed E-state index contributed by atoms with van der Waals surface area (Å²) in [6.07, 6.45) is 7.96. The van der Waals surface area contributed by atoms with E-state index in [1.54, 1.807) is 13.4 Å². The Balaban J connectivity index is 1.43. The minimum Gasteiger partial charge on any atom is -0.381 e. The first-order chi connectivity index (χ1) is 14.2. The van der Waals surface area contributed by atoms with Crippen LogP contribution in [0.15, 0.2) is 48.0 Å². The predicted octanol–water partition coefficient (Wildman–Crippen LogP) is 2.84. The maximum absolute atomic E-state index is 5.48. The number of piperidine rings is 1. The number of aromatic nitrogens is 4. The fraction of sp³-hybridized carbons (Fsp3) is 0.364. The molecule has 1 aromatic carbocycles. The number of benzene rings is 1. The zero-order valence-corrected chi connectivity index (χ0v) is 16.7. The largest absolute Gasteiger partial charge is 0.381 e. The normalized spacial score (nSPS) is 16.8. The Bertz CT molecular complexity index is 1060. The molecule has 2 aromatic heterocycles. The lowest BCUT2D eigenvalue weighted by Crippen LogP contribution is -2.37. The van der Waals surface area contributed by atoms with Crippen molar-refractivity contribution in [3.05, 3.63) is 59.8 Å². The first-order valence-corrected chi connectivity index (χ1v) is 9.98. The molecule has 4 heterocycles. The van der Waals surface area contributed by atoms with Gasteiger partial charge in [0.25, 0.3) is 0 Å². The Labute approximate surface area is 170 Å². The number of methoxy groups -OCH3 is 1. The van der Waals surface area contributed by atoms with Crippen molar-refractivity contribution in [3.8, 4) is 11.1 Å². The van der Waals surface area contributed by atoms with E-state index in [-0.39, 0.29) is 0 Å². The van der Waals surface area contributed by atoms with E-state index in [0.29, 0.717) is 12.6 Å². The number of rotatable bonds is 4. The molecular formula is C22H24N6O. The van der Waals surface area contributed by atoms with Gasteiger partial charge in [0, 0.05) is 50.6 Å². The molecule has 3 aromatic rings. The maximum Gasteiger partial charge on any atom is 0.132 e. The summed E-state index contributed by atoms with van der Waals surface area (Å²) >= 11 is 0. The van der Waals surface area contributed by atoms with E-state index in [0.717, 1.165) is 59.8 Å². The third-order valence-corrected chi connectivity index (χ3v) is 5.81. The van der Waals surface area contributed by atoms with Crippen molar-refractivity contribution in [2.75, 3.05) is 25.1 Å². The van der Waals surface area contributed by atoms with Crippen LogP contribution in [-0.2, 0) is 18.3 Å². The van der Waals surface area contributed by atoms with Crippen LogP contribution in [0.2, 0.25) is 0 Å². The molecule has 7 heteroatoms. The van der Waals surface area contributed by atoms with Gasteiger partial charge in [0.05, 0.1) is 30.3 Å². The standard InChI is InChI=1S/C22H24N6O/c1-27-13-17(12-26-27)15-3-4-16-11-23-22(19(16)9-15)20-10-21(25-14-24-20)28-7-5-18(29-2)6-8-28/h3-4,9-10,12-14,18H,5-8,11H2,1-2H3. The minimum absolute atomic E-state index is 0.351. The molecule has 148 valence electrons. The number of hydrogen-bond acceptors (Lipinski definition) is 6. The van der Waals surface area contributed by atoms with Crippen LogP contribution >= 0.6 is 0 Å². The highest BCUT2D eigenvalue weighted by Gasteiger charge is 2.23. The van der Waals surface area contributed by atoms with Crippen LogP contribution in [0.3, 0.4) is 0 Å². The summed E-state index contributed by atoms with van der Waals surface area (Å²) < 4.78 is 7.30. The van der Waals surface area contributed by atoms with E-state index in [2.05, 4.69) is 44.2 Å². The molecule has 0 bridgehead atoms. The topological polar surface area (TPSA) is 68.4 Å². The second-order valence-electron chi connectivity index (χ2n) is 7.62. The van der Waals surface area contributed by atoms with Gasteiger partial charge < -0.3 is 9.64 Å². The Morgan fingerprint density at radius 3 is 2.69 bits per heavy atom. The fourth-order valence-corrected chi connectivity index (χ4v) is 4.12. The fourth-order valence-electron chi connectivity index (χ4n) is 4.12. The zero-order chi connectivity index (χ0) is 19.8. The van der Waals surface area contributed by atoms with Crippen LogP contribution < -0.4 is 4.90 Å². The quantitative estimate of drug-likeness (QED) is 0.687. The number of anilines is 1. The van der Waals surface area contributed by atoms with E-state index in [4.69, 9.17) is 9.73 Å². The predicted molar refractivity (Wildman–Crippen MR) is 112 cm³/mol. The average molecular weight is 388 g/mol.